The number of likely N-dealkylation sites (tertiary alicyclic amines) is 1. The lowest BCUT2D eigenvalue weighted by Gasteiger charge is -2.26. The zero-order valence-corrected chi connectivity index (χ0v) is 11.0. The summed E-state index contributed by atoms with van der Waals surface area (Å²) in [5.74, 6) is 0.676. The molecule has 5 nitrogen and oxygen atoms in total. The molecule has 1 aromatic rings. The van der Waals surface area contributed by atoms with Crippen LogP contribution in [-0.2, 0) is 0 Å². The third kappa shape index (κ3) is 2.78. The van der Waals surface area contributed by atoms with Gasteiger partial charge < -0.3 is 10.2 Å². The van der Waals surface area contributed by atoms with Gasteiger partial charge in [0.05, 0.1) is 0 Å². The molecule has 0 spiro atoms. The minimum Gasteiger partial charge on any atom is -0.372 e. The van der Waals surface area contributed by atoms with Crippen molar-refractivity contribution in [3.8, 4) is 0 Å². The number of nitrogens with zero attached hydrogens (tertiary/aromatic N) is 3. The zero-order valence-electron chi connectivity index (χ0n) is 11.0. The van der Waals surface area contributed by atoms with Crippen molar-refractivity contribution in [2.45, 2.75) is 38.6 Å². The third-order valence-corrected chi connectivity index (χ3v) is 3.45. The maximum Gasteiger partial charge on any atom is 0.274 e. The van der Waals surface area contributed by atoms with Gasteiger partial charge in [0.2, 0.25) is 0 Å². The molecule has 98 valence electrons. The first-order chi connectivity index (χ1) is 8.72. The summed E-state index contributed by atoms with van der Waals surface area (Å²) in [5.41, 5.74) is 0.433. The van der Waals surface area contributed by atoms with Gasteiger partial charge in [-0.25, -0.2) is 0 Å². The van der Waals surface area contributed by atoms with Gasteiger partial charge >= 0.3 is 0 Å². The van der Waals surface area contributed by atoms with Crippen LogP contribution >= 0.6 is 0 Å². The Labute approximate surface area is 108 Å². The second-order valence-corrected chi connectivity index (χ2v) is 4.75. The van der Waals surface area contributed by atoms with E-state index >= 15 is 0 Å². The maximum atomic E-state index is 12.4. The molecule has 1 saturated heterocycles. The summed E-state index contributed by atoms with van der Waals surface area (Å²) in [5, 5.41) is 10.8. The largest absolute Gasteiger partial charge is 0.372 e. The van der Waals surface area contributed by atoms with Crippen LogP contribution in [0.2, 0.25) is 0 Å². The minimum atomic E-state index is -0.000414. The molecular formula is C13H20N4O. The van der Waals surface area contributed by atoms with Crippen molar-refractivity contribution in [1.29, 1.82) is 0 Å². The maximum absolute atomic E-state index is 12.4. The number of carbonyl (C=O) groups excluding carboxylic acids is 1. The van der Waals surface area contributed by atoms with Gasteiger partial charge in [0.25, 0.3) is 5.91 Å². The first-order valence-corrected chi connectivity index (χ1v) is 6.55. The van der Waals surface area contributed by atoms with E-state index in [2.05, 4.69) is 22.4 Å². The predicted molar refractivity (Wildman–Crippen MR) is 70.5 cm³/mol. The molecule has 0 aromatic carbocycles. The molecule has 0 aliphatic carbocycles. The van der Waals surface area contributed by atoms with Crippen LogP contribution in [0.4, 0.5) is 5.82 Å². The summed E-state index contributed by atoms with van der Waals surface area (Å²) in [6.45, 7) is 2.94. The van der Waals surface area contributed by atoms with Gasteiger partial charge in [-0.1, -0.05) is 12.8 Å². The first-order valence-electron chi connectivity index (χ1n) is 6.55. The van der Waals surface area contributed by atoms with Crippen LogP contribution in [0.25, 0.3) is 0 Å². The number of hydrogen-bond donors (Lipinski definition) is 1. The van der Waals surface area contributed by atoms with Gasteiger partial charge in [0, 0.05) is 19.6 Å². The van der Waals surface area contributed by atoms with E-state index in [4.69, 9.17) is 0 Å². The normalized spacial score (nSPS) is 20.3. The molecule has 18 heavy (non-hydrogen) atoms. The fourth-order valence-corrected chi connectivity index (χ4v) is 2.30. The standard InChI is InChI=1S/C13H20N4O/c1-10-6-4-3-5-9-17(10)13(18)11-7-8-12(14-2)16-15-11/h7-8,10H,3-6,9H2,1-2H3,(H,14,16). The van der Waals surface area contributed by atoms with E-state index in [9.17, 15) is 4.79 Å². The summed E-state index contributed by atoms with van der Waals surface area (Å²) in [4.78, 5) is 14.3. The minimum absolute atomic E-state index is 0.000414. The van der Waals surface area contributed by atoms with Crippen LogP contribution in [0, 0.1) is 0 Å². The molecule has 1 fully saturated rings. The summed E-state index contributed by atoms with van der Waals surface area (Å²) < 4.78 is 0. The number of amides is 1. The molecular weight excluding hydrogens is 228 g/mol. The molecule has 1 N–H and O–H groups in total. The SMILES string of the molecule is CNc1ccc(C(=O)N2CCCCCC2C)nn1. The number of carbonyl (C=O) groups is 1. The lowest BCUT2D eigenvalue weighted by atomic mass is 10.1. The highest BCUT2D eigenvalue weighted by molar-refractivity contribution is 5.92. The zero-order chi connectivity index (χ0) is 13.0. The van der Waals surface area contributed by atoms with Gasteiger partial charge in [0.15, 0.2) is 5.69 Å². The number of hydrogen-bond acceptors (Lipinski definition) is 4. The van der Waals surface area contributed by atoms with Gasteiger partial charge in [-0.05, 0) is 31.9 Å². The molecule has 5 heteroatoms. The third-order valence-electron chi connectivity index (χ3n) is 3.45. The van der Waals surface area contributed by atoms with Crippen molar-refractivity contribution >= 4 is 11.7 Å². The van der Waals surface area contributed by atoms with Crippen molar-refractivity contribution < 1.29 is 4.79 Å². The summed E-state index contributed by atoms with van der Waals surface area (Å²) in [6.07, 6.45) is 4.57. The second kappa shape index (κ2) is 5.80. The summed E-state index contributed by atoms with van der Waals surface area (Å²) in [7, 11) is 1.78. The van der Waals surface area contributed by atoms with E-state index < -0.39 is 0 Å². The lowest BCUT2D eigenvalue weighted by molar-refractivity contribution is 0.0690. The Hall–Kier alpha value is -1.65. The van der Waals surface area contributed by atoms with Crippen LogP contribution in [0.1, 0.15) is 43.1 Å². The molecule has 0 bridgehead atoms. The fraction of sp³-hybridized carbons (Fsp3) is 0.615. The predicted octanol–water partition coefficient (Wildman–Crippen LogP) is 1.92. The van der Waals surface area contributed by atoms with Crippen LogP contribution in [-0.4, -0.2) is 40.6 Å². The van der Waals surface area contributed by atoms with E-state index in [0.717, 1.165) is 19.4 Å². The molecule has 1 aliphatic rings. The van der Waals surface area contributed by atoms with E-state index in [0.29, 0.717) is 17.6 Å². The molecule has 2 heterocycles. The van der Waals surface area contributed by atoms with E-state index in [1.807, 2.05) is 4.90 Å². The van der Waals surface area contributed by atoms with Crippen LogP contribution in [0.3, 0.4) is 0 Å². The fourth-order valence-electron chi connectivity index (χ4n) is 2.30. The number of nitrogens with one attached hydrogen (secondary N) is 1. The van der Waals surface area contributed by atoms with Crippen molar-refractivity contribution in [3.63, 3.8) is 0 Å². The molecule has 1 atom stereocenters. The second-order valence-electron chi connectivity index (χ2n) is 4.75. The summed E-state index contributed by atoms with van der Waals surface area (Å²) >= 11 is 0. The van der Waals surface area contributed by atoms with E-state index in [-0.39, 0.29) is 5.91 Å². The smallest absolute Gasteiger partial charge is 0.274 e. The van der Waals surface area contributed by atoms with Crippen LogP contribution in [0.5, 0.6) is 0 Å². The van der Waals surface area contributed by atoms with Crippen molar-refractivity contribution in [3.05, 3.63) is 17.8 Å². The van der Waals surface area contributed by atoms with Gasteiger partial charge in [-0.2, -0.15) is 0 Å². The van der Waals surface area contributed by atoms with Gasteiger partial charge in [-0.15, -0.1) is 10.2 Å². The van der Waals surface area contributed by atoms with E-state index in [1.165, 1.54) is 12.8 Å². The average Bonchev–Trinajstić information content (AvgIpc) is 2.63. The van der Waals surface area contributed by atoms with Crippen LogP contribution < -0.4 is 5.32 Å². The molecule has 2 rings (SSSR count). The molecule has 0 radical (unpaired) electrons. The number of anilines is 1. The molecule has 1 unspecified atom stereocenters. The lowest BCUT2D eigenvalue weighted by Crippen LogP contribution is -2.38. The highest BCUT2D eigenvalue weighted by atomic mass is 16.2. The van der Waals surface area contributed by atoms with Crippen LogP contribution in [0.15, 0.2) is 12.1 Å². The molecule has 1 aromatic heterocycles. The van der Waals surface area contributed by atoms with Crippen molar-refractivity contribution in [1.82, 2.24) is 15.1 Å². The Morgan fingerprint density at radius 1 is 1.33 bits per heavy atom. The Kier molecular flexibility index (Phi) is 4.12. The molecule has 1 amide bonds. The topological polar surface area (TPSA) is 58.1 Å². The highest BCUT2D eigenvalue weighted by Gasteiger charge is 2.24. The van der Waals surface area contributed by atoms with Crippen molar-refractivity contribution in [2.24, 2.45) is 0 Å². The quantitative estimate of drug-likeness (QED) is 0.868. The highest BCUT2D eigenvalue weighted by Crippen LogP contribution is 2.18. The summed E-state index contributed by atoms with van der Waals surface area (Å²) in [6, 6.07) is 3.81. The van der Waals surface area contributed by atoms with Gasteiger partial charge in [0.1, 0.15) is 5.82 Å². The Morgan fingerprint density at radius 3 is 2.83 bits per heavy atom. The Bertz CT molecular complexity index is 404. The Balaban J connectivity index is 2.13. The first kappa shape index (κ1) is 12.8. The number of aromatic nitrogens is 2. The molecule has 0 saturated carbocycles. The monoisotopic (exact) mass is 248 g/mol. The van der Waals surface area contributed by atoms with E-state index in [1.54, 1.807) is 19.2 Å². The molecule has 1 aliphatic heterocycles. The average molecular weight is 248 g/mol. The Morgan fingerprint density at radius 2 is 2.17 bits per heavy atom. The van der Waals surface area contributed by atoms with Crippen molar-refractivity contribution in [2.75, 3.05) is 18.9 Å². The number of rotatable bonds is 2. The van der Waals surface area contributed by atoms with Gasteiger partial charge in [-0.3, -0.25) is 4.79 Å².